The van der Waals surface area contributed by atoms with E-state index in [4.69, 9.17) is 0 Å². The molecule has 1 aliphatic rings. The molecule has 26 heavy (non-hydrogen) atoms. The van der Waals surface area contributed by atoms with Crippen molar-refractivity contribution in [2.45, 2.75) is 0 Å². The van der Waals surface area contributed by atoms with E-state index in [0.717, 1.165) is 22.3 Å². The Morgan fingerprint density at radius 2 is 1.69 bits per heavy atom. The van der Waals surface area contributed by atoms with E-state index in [1.165, 1.54) is 5.06 Å². The Hall–Kier alpha value is -2.96. The maximum Gasteiger partial charge on any atom is 0.253 e. The number of carbonyl (C=O) groups excluding carboxylic acids is 1. The second-order valence-electron chi connectivity index (χ2n) is 6.32. The smallest absolute Gasteiger partial charge is 0.253 e. The summed E-state index contributed by atoms with van der Waals surface area (Å²) in [4.78, 5) is 18.7. The van der Waals surface area contributed by atoms with Crippen LogP contribution in [0.15, 0.2) is 60.8 Å². The average Bonchev–Trinajstić information content (AvgIpc) is 2.69. The number of pyridine rings is 1. The van der Waals surface area contributed by atoms with Crippen molar-refractivity contribution in [2.75, 3.05) is 31.5 Å². The van der Waals surface area contributed by atoms with Gasteiger partial charge in [0.2, 0.25) is 0 Å². The van der Waals surface area contributed by atoms with E-state index >= 15 is 0 Å². The molecule has 2 aromatic carbocycles. The first-order chi connectivity index (χ1) is 12.7. The monoisotopic (exact) mass is 348 g/mol. The molecule has 0 atom stereocenters. The van der Waals surface area contributed by atoms with Gasteiger partial charge in [0, 0.05) is 54.7 Å². The van der Waals surface area contributed by atoms with Crippen molar-refractivity contribution in [1.82, 2.24) is 14.9 Å². The van der Waals surface area contributed by atoms with Gasteiger partial charge in [0.1, 0.15) is 0 Å². The van der Waals surface area contributed by atoms with E-state index in [0.29, 0.717) is 31.7 Å². The Morgan fingerprint density at radius 3 is 2.46 bits per heavy atom. The summed E-state index contributed by atoms with van der Waals surface area (Å²) in [6.07, 6.45) is 1.78. The molecule has 0 saturated carbocycles. The van der Waals surface area contributed by atoms with E-state index in [9.17, 15) is 10.0 Å². The number of rotatable bonds is 3. The molecule has 0 bridgehead atoms. The van der Waals surface area contributed by atoms with Crippen LogP contribution in [0.3, 0.4) is 0 Å². The fraction of sp³-hybridized carbons (Fsp3) is 0.200. The molecule has 0 spiro atoms. The number of nitrogens with one attached hydrogen (secondary N) is 1. The zero-order valence-electron chi connectivity index (χ0n) is 14.3. The molecule has 6 heteroatoms. The van der Waals surface area contributed by atoms with E-state index in [2.05, 4.69) is 10.3 Å². The summed E-state index contributed by atoms with van der Waals surface area (Å²) in [6.45, 7) is 2.05. The van der Waals surface area contributed by atoms with E-state index in [1.54, 1.807) is 11.1 Å². The third-order valence-electron chi connectivity index (χ3n) is 4.60. The number of aromatic nitrogens is 1. The molecule has 1 saturated heterocycles. The highest BCUT2D eigenvalue weighted by Gasteiger charge is 2.21. The molecule has 4 rings (SSSR count). The molecule has 1 aromatic heterocycles. The molecule has 0 aliphatic carbocycles. The summed E-state index contributed by atoms with van der Waals surface area (Å²) in [5, 5.41) is 15.1. The van der Waals surface area contributed by atoms with Crippen LogP contribution >= 0.6 is 0 Å². The highest BCUT2D eigenvalue weighted by Crippen LogP contribution is 2.25. The second kappa shape index (κ2) is 7.11. The maximum absolute atomic E-state index is 12.5. The van der Waals surface area contributed by atoms with Crippen molar-refractivity contribution >= 4 is 28.2 Å². The van der Waals surface area contributed by atoms with Gasteiger partial charge in [0.05, 0.1) is 5.52 Å². The number of anilines is 2. The highest BCUT2D eigenvalue weighted by molar-refractivity contribution is 5.95. The summed E-state index contributed by atoms with van der Waals surface area (Å²) in [5.74, 6) is -0.000916. The minimum Gasteiger partial charge on any atom is -0.355 e. The van der Waals surface area contributed by atoms with Crippen molar-refractivity contribution in [3.63, 3.8) is 0 Å². The largest absolute Gasteiger partial charge is 0.355 e. The molecule has 1 aliphatic heterocycles. The Kier molecular flexibility index (Phi) is 4.51. The van der Waals surface area contributed by atoms with Crippen molar-refractivity contribution in [1.29, 1.82) is 0 Å². The van der Waals surface area contributed by atoms with Crippen LogP contribution in [0.5, 0.6) is 0 Å². The lowest BCUT2D eigenvalue weighted by Gasteiger charge is -2.31. The molecule has 3 aromatic rings. The normalized spacial score (nSPS) is 15.2. The van der Waals surface area contributed by atoms with E-state index in [-0.39, 0.29) is 5.91 Å². The topological polar surface area (TPSA) is 68.7 Å². The lowest BCUT2D eigenvalue weighted by molar-refractivity contribution is -0.112. The number of nitrogens with zero attached hydrogens (tertiary/aromatic N) is 3. The van der Waals surface area contributed by atoms with E-state index in [1.807, 2.05) is 54.6 Å². The predicted octanol–water partition coefficient (Wildman–Crippen LogP) is 3.13. The van der Waals surface area contributed by atoms with Crippen molar-refractivity contribution < 1.29 is 10.0 Å². The summed E-state index contributed by atoms with van der Waals surface area (Å²) >= 11 is 0. The van der Waals surface area contributed by atoms with Crippen LogP contribution in [0.25, 0.3) is 10.9 Å². The van der Waals surface area contributed by atoms with Crippen LogP contribution in [-0.4, -0.2) is 52.2 Å². The molecule has 1 fully saturated rings. The summed E-state index contributed by atoms with van der Waals surface area (Å²) in [6, 6.07) is 17.4. The first-order valence-corrected chi connectivity index (χ1v) is 8.65. The average molecular weight is 348 g/mol. The third-order valence-corrected chi connectivity index (χ3v) is 4.60. The number of hydroxylamine groups is 2. The molecule has 0 radical (unpaired) electrons. The molecular weight excluding hydrogens is 328 g/mol. The zero-order chi connectivity index (χ0) is 17.9. The molecule has 0 unspecified atom stereocenters. The number of piperazine rings is 1. The molecule has 2 heterocycles. The van der Waals surface area contributed by atoms with Gasteiger partial charge >= 0.3 is 0 Å². The van der Waals surface area contributed by atoms with Gasteiger partial charge in [0.15, 0.2) is 0 Å². The van der Waals surface area contributed by atoms with Gasteiger partial charge in [-0.05, 0) is 36.4 Å². The van der Waals surface area contributed by atoms with Crippen molar-refractivity contribution in [3.8, 4) is 0 Å². The van der Waals surface area contributed by atoms with E-state index < -0.39 is 0 Å². The number of hydrogen-bond acceptors (Lipinski definition) is 5. The van der Waals surface area contributed by atoms with Crippen molar-refractivity contribution in [3.05, 3.63) is 66.4 Å². The first-order valence-electron chi connectivity index (χ1n) is 8.65. The summed E-state index contributed by atoms with van der Waals surface area (Å²) in [7, 11) is 0. The number of fused-ring (bicyclic) bond motifs is 1. The zero-order valence-corrected chi connectivity index (χ0v) is 14.3. The number of para-hydroxylation sites is 1. The van der Waals surface area contributed by atoms with Crippen LogP contribution in [0.2, 0.25) is 0 Å². The molecule has 2 N–H and O–H groups in total. The summed E-state index contributed by atoms with van der Waals surface area (Å²) < 4.78 is 0. The van der Waals surface area contributed by atoms with Crippen molar-refractivity contribution in [2.24, 2.45) is 0 Å². The van der Waals surface area contributed by atoms with Gasteiger partial charge in [-0.3, -0.25) is 9.78 Å². The van der Waals surface area contributed by atoms with Gasteiger partial charge in [-0.1, -0.05) is 18.2 Å². The first kappa shape index (κ1) is 16.5. The lowest BCUT2D eigenvalue weighted by atomic mass is 10.1. The predicted molar refractivity (Wildman–Crippen MR) is 101 cm³/mol. The Balaban J connectivity index is 1.50. The van der Waals surface area contributed by atoms with Crippen LogP contribution in [0.1, 0.15) is 10.4 Å². The number of hydrogen-bond donors (Lipinski definition) is 2. The second-order valence-corrected chi connectivity index (χ2v) is 6.32. The Bertz CT molecular complexity index is 913. The number of benzene rings is 2. The molecule has 1 amide bonds. The van der Waals surface area contributed by atoms with Crippen LogP contribution in [-0.2, 0) is 0 Å². The van der Waals surface area contributed by atoms with Gasteiger partial charge in [-0.15, -0.1) is 0 Å². The number of amides is 1. The quantitative estimate of drug-likeness (QED) is 0.761. The van der Waals surface area contributed by atoms with Crippen LogP contribution in [0, 0.1) is 0 Å². The summed E-state index contributed by atoms with van der Waals surface area (Å²) in [5.41, 5.74) is 3.49. The van der Waals surface area contributed by atoms with Crippen LogP contribution in [0.4, 0.5) is 11.4 Å². The third kappa shape index (κ3) is 3.37. The van der Waals surface area contributed by atoms with Gasteiger partial charge in [-0.25, -0.2) is 0 Å². The number of carbonyl (C=O) groups is 1. The molecular formula is C20H20N4O2. The van der Waals surface area contributed by atoms with Gasteiger partial charge in [0.25, 0.3) is 5.91 Å². The molecule has 6 nitrogen and oxygen atoms in total. The standard InChI is InChI=1S/C20H20N4O2/c25-20(23-11-13-24(26)14-12-23)15-5-7-16(8-6-15)22-19-9-10-21-18-4-2-1-3-17(18)19/h1-10,26H,11-14H2,(H,21,22). The molecule has 132 valence electrons. The minimum atomic E-state index is -0.000916. The SMILES string of the molecule is O=C(c1ccc(Nc2ccnc3ccccc23)cc1)N1CCN(O)CC1. The fourth-order valence-corrected chi connectivity index (χ4v) is 3.14. The minimum absolute atomic E-state index is 0.000916. The Labute approximate surface area is 151 Å². The maximum atomic E-state index is 12.5. The Morgan fingerprint density at radius 1 is 0.962 bits per heavy atom. The fourth-order valence-electron chi connectivity index (χ4n) is 3.14. The van der Waals surface area contributed by atoms with Crippen LogP contribution < -0.4 is 5.32 Å². The lowest BCUT2D eigenvalue weighted by Crippen LogP contribution is -2.47. The van der Waals surface area contributed by atoms with Gasteiger partial charge in [-0.2, -0.15) is 5.06 Å². The highest BCUT2D eigenvalue weighted by atomic mass is 16.5. The van der Waals surface area contributed by atoms with Gasteiger partial charge < -0.3 is 15.4 Å².